The number of nitrogens with zero attached hydrogens (tertiary/aromatic N) is 3. The van der Waals surface area contributed by atoms with Crippen LogP contribution >= 0.6 is 0 Å². The standard InChI is InChI=1S/C14H18N4O/c15-9-12-10-17-5-3-13(12)18-6-1-2-11(4-7-18)8-14(16)19/h3,5,10-11H,1-2,4,6-8H2,(H2,16,19). The Morgan fingerprint density at radius 1 is 1.53 bits per heavy atom. The van der Waals surface area contributed by atoms with Crippen LogP contribution in [0.5, 0.6) is 0 Å². The average molecular weight is 258 g/mol. The van der Waals surface area contributed by atoms with Crippen LogP contribution in [0.2, 0.25) is 0 Å². The number of rotatable bonds is 3. The molecule has 1 amide bonds. The van der Waals surface area contributed by atoms with Gasteiger partial charge < -0.3 is 10.6 Å². The molecule has 2 heterocycles. The summed E-state index contributed by atoms with van der Waals surface area (Å²) in [4.78, 5) is 17.2. The zero-order valence-electron chi connectivity index (χ0n) is 10.9. The van der Waals surface area contributed by atoms with Crippen molar-refractivity contribution in [1.82, 2.24) is 4.98 Å². The van der Waals surface area contributed by atoms with Crippen molar-refractivity contribution in [3.05, 3.63) is 24.0 Å². The van der Waals surface area contributed by atoms with E-state index in [2.05, 4.69) is 16.0 Å². The smallest absolute Gasteiger partial charge is 0.217 e. The number of carbonyl (C=O) groups is 1. The van der Waals surface area contributed by atoms with Crippen molar-refractivity contribution in [2.75, 3.05) is 18.0 Å². The number of pyridine rings is 1. The van der Waals surface area contributed by atoms with E-state index >= 15 is 0 Å². The Labute approximate surface area is 113 Å². The summed E-state index contributed by atoms with van der Waals surface area (Å²) in [5.41, 5.74) is 6.81. The Hall–Kier alpha value is -2.09. The number of hydrogen-bond donors (Lipinski definition) is 1. The molecule has 1 aromatic heterocycles. The molecule has 1 unspecified atom stereocenters. The molecule has 0 spiro atoms. The zero-order valence-corrected chi connectivity index (χ0v) is 10.9. The molecule has 100 valence electrons. The Morgan fingerprint density at radius 2 is 2.37 bits per heavy atom. The van der Waals surface area contributed by atoms with E-state index in [1.54, 1.807) is 12.4 Å². The molecule has 0 radical (unpaired) electrons. The molecule has 5 heteroatoms. The summed E-state index contributed by atoms with van der Waals surface area (Å²) in [6.07, 6.45) is 6.76. The first-order valence-electron chi connectivity index (χ1n) is 6.58. The number of carbonyl (C=O) groups excluding carboxylic acids is 1. The lowest BCUT2D eigenvalue weighted by Crippen LogP contribution is -2.25. The molecule has 0 bridgehead atoms. The van der Waals surface area contributed by atoms with Gasteiger partial charge >= 0.3 is 0 Å². The van der Waals surface area contributed by atoms with Gasteiger partial charge in [-0.1, -0.05) is 0 Å². The van der Waals surface area contributed by atoms with Gasteiger partial charge in [0.05, 0.1) is 11.3 Å². The third-order valence-electron chi connectivity index (χ3n) is 3.60. The van der Waals surface area contributed by atoms with Crippen molar-refractivity contribution in [2.45, 2.75) is 25.7 Å². The van der Waals surface area contributed by atoms with Gasteiger partial charge in [-0.25, -0.2) is 0 Å². The van der Waals surface area contributed by atoms with Gasteiger partial charge in [0.25, 0.3) is 0 Å². The van der Waals surface area contributed by atoms with E-state index in [0.29, 0.717) is 17.9 Å². The topological polar surface area (TPSA) is 83.0 Å². The number of aromatic nitrogens is 1. The average Bonchev–Trinajstić information content (AvgIpc) is 2.63. The van der Waals surface area contributed by atoms with Crippen LogP contribution in [0.4, 0.5) is 5.69 Å². The van der Waals surface area contributed by atoms with Crippen LogP contribution in [0.3, 0.4) is 0 Å². The summed E-state index contributed by atoms with van der Waals surface area (Å²) in [6.45, 7) is 1.77. The second-order valence-corrected chi connectivity index (χ2v) is 4.96. The fraction of sp³-hybridized carbons (Fsp3) is 0.500. The normalized spacial score (nSPS) is 19.5. The molecule has 1 aromatic rings. The van der Waals surface area contributed by atoms with Gasteiger partial charge in [0.2, 0.25) is 5.91 Å². The summed E-state index contributed by atoms with van der Waals surface area (Å²) >= 11 is 0. The van der Waals surface area contributed by atoms with Crippen LogP contribution in [0.15, 0.2) is 18.5 Å². The van der Waals surface area contributed by atoms with Crippen molar-refractivity contribution in [1.29, 1.82) is 5.26 Å². The summed E-state index contributed by atoms with van der Waals surface area (Å²) in [7, 11) is 0. The lowest BCUT2D eigenvalue weighted by atomic mass is 9.97. The zero-order chi connectivity index (χ0) is 13.7. The van der Waals surface area contributed by atoms with Crippen LogP contribution in [0, 0.1) is 17.2 Å². The molecule has 0 saturated carbocycles. The maximum absolute atomic E-state index is 11.0. The van der Waals surface area contributed by atoms with Gasteiger partial charge in [0.1, 0.15) is 6.07 Å². The van der Waals surface area contributed by atoms with Crippen LogP contribution in [-0.4, -0.2) is 24.0 Å². The van der Waals surface area contributed by atoms with Gasteiger partial charge in [-0.05, 0) is 31.2 Å². The highest BCUT2D eigenvalue weighted by atomic mass is 16.1. The number of anilines is 1. The van der Waals surface area contributed by atoms with E-state index < -0.39 is 0 Å². The minimum atomic E-state index is -0.222. The van der Waals surface area contributed by atoms with Crippen LogP contribution < -0.4 is 10.6 Å². The molecule has 0 aliphatic carbocycles. The molecule has 19 heavy (non-hydrogen) atoms. The maximum atomic E-state index is 11.0. The predicted molar refractivity (Wildman–Crippen MR) is 72.3 cm³/mol. The first-order chi connectivity index (χ1) is 9.20. The van der Waals surface area contributed by atoms with Crippen molar-refractivity contribution in [2.24, 2.45) is 11.7 Å². The van der Waals surface area contributed by atoms with E-state index in [9.17, 15) is 4.79 Å². The number of nitrogens with two attached hydrogens (primary N) is 1. The first kappa shape index (κ1) is 13.3. The van der Waals surface area contributed by atoms with Crippen molar-refractivity contribution in [3.63, 3.8) is 0 Å². The summed E-state index contributed by atoms with van der Waals surface area (Å²) in [5.74, 6) is 0.148. The Kier molecular flexibility index (Phi) is 4.35. The lowest BCUT2D eigenvalue weighted by Gasteiger charge is -2.23. The number of nitriles is 1. The summed E-state index contributed by atoms with van der Waals surface area (Å²) in [5, 5.41) is 9.11. The second kappa shape index (κ2) is 6.19. The van der Waals surface area contributed by atoms with Crippen LogP contribution in [0.25, 0.3) is 0 Å². The maximum Gasteiger partial charge on any atom is 0.217 e. The Bertz CT molecular complexity index is 494. The molecule has 2 rings (SSSR count). The van der Waals surface area contributed by atoms with Gasteiger partial charge in [0, 0.05) is 31.9 Å². The van der Waals surface area contributed by atoms with Gasteiger partial charge in [-0.3, -0.25) is 9.78 Å². The largest absolute Gasteiger partial charge is 0.370 e. The SMILES string of the molecule is N#Cc1cnccc1N1CCCC(CC(N)=O)CC1. The van der Waals surface area contributed by atoms with Crippen molar-refractivity contribution in [3.8, 4) is 6.07 Å². The lowest BCUT2D eigenvalue weighted by molar-refractivity contribution is -0.118. The molecule has 1 atom stereocenters. The highest BCUT2D eigenvalue weighted by Gasteiger charge is 2.20. The fourth-order valence-corrected chi connectivity index (χ4v) is 2.64. The van der Waals surface area contributed by atoms with E-state index in [4.69, 9.17) is 11.0 Å². The van der Waals surface area contributed by atoms with Gasteiger partial charge in [-0.15, -0.1) is 0 Å². The fourth-order valence-electron chi connectivity index (χ4n) is 2.64. The Morgan fingerprint density at radius 3 is 3.11 bits per heavy atom. The van der Waals surface area contributed by atoms with E-state index in [-0.39, 0.29) is 5.91 Å². The minimum absolute atomic E-state index is 0.222. The van der Waals surface area contributed by atoms with Crippen molar-refractivity contribution >= 4 is 11.6 Å². The van der Waals surface area contributed by atoms with Gasteiger partial charge in [0.15, 0.2) is 0 Å². The second-order valence-electron chi connectivity index (χ2n) is 4.96. The molecule has 2 N–H and O–H groups in total. The quantitative estimate of drug-likeness (QED) is 0.889. The number of hydrogen-bond acceptors (Lipinski definition) is 4. The van der Waals surface area contributed by atoms with Crippen LogP contribution in [0.1, 0.15) is 31.2 Å². The van der Waals surface area contributed by atoms with Crippen molar-refractivity contribution < 1.29 is 4.79 Å². The predicted octanol–water partition coefficient (Wildman–Crippen LogP) is 1.44. The molecule has 1 fully saturated rings. The summed E-state index contributed by atoms with van der Waals surface area (Å²) in [6, 6.07) is 4.06. The first-order valence-corrected chi connectivity index (χ1v) is 6.58. The number of primary amides is 1. The monoisotopic (exact) mass is 258 g/mol. The van der Waals surface area contributed by atoms with Gasteiger partial charge in [-0.2, -0.15) is 5.26 Å². The van der Waals surface area contributed by atoms with E-state index in [1.165, 1.54) is 0 Å². The molecule has 1 saturated heterocycles. The molecule has 1 aliphatic heterocycles. The molecule has 1 aliphatic rings. The molecule has 0 aromatic carbocycles. The van der Waals surface area contributed by atoms with Crippen LogP contribution in [-0.2, 0) is 4.79 Å². The highest BCUT2D eigenvalue weighted by molar-refractivity contribution is 5.74. The van der Waals surface area contributed by atoms with E-state index in [1.807, 2.05) is 6.07 Å². The molecular weight excluding hydrogens is 240 g/mol. The third-order valence-corrected chi connectivity index (χ3v) is 3.60. The Balaban J connectivity index is 2.07. The third kappa shape index (κ3) is 3.44. The van der Waals surface area contributed by atoms with E-state index in [0.717, 1.165) is 38.0 Å². The summed E-state index contributed by atoms with van der Waals surface area (Å²) < 4.78 is 0. The molecular formula is C14H18N4O. The highest BCUT2D eigenvalue weighted by Crippen LogP contribution is 2.26. The minimum Gasteiger partial charge on any atom is -0.370 e. The molecule has 5 nitrogen and oxygen atoms in total. The number of amides is 1.